The predicted octanol–water partition coefficient (Wildman–Crippen LogP) is 2.26. The first-order chi connectivity index (χ1) is 8.16. The second-order valence-electron chi connectivity index (χ2n) is 4.94. The molecule has 1 saturated carbocycles. The summed E-state index contributed by atoms with van der Waals surface area (Å²) in [4.78, 5) is 11.8. The second kappa shape index (κ2) is 6.81. The summed E-state index contributed by atoms with van der Waals surface area (Å²) in [5, 5.41) is 2.93. The lowest BCUT2D eigenvalue weighted by Crippen LogP contribution is -2.35. The first-order valence-electron chi connectivity index (χ1n) is 6.24. The highest BCUT2D eigenvalue weighted by atomic mass is 35.5. The van der Waals surface area contributed by atoms with E-state index in [1.807, 2.05) is 6.92 Å². The number of hydrogen-bond acceptors (Lipinski definition) is 3. The quantitative estimate of drug-likeness (QED) is 0.887. The van der Waals surface area contributed by atoms with Crippen LogP contribution in [0.5, 0.6) is 0 Å². The summed E-state index contributed by atoms with van der Waals surface area (Å²) in [6.45, 7) is 2.57. The Morgan fingerprint density at radius 3 is 2.94 bits per heavy atom. The van der Waals surface area contributed by atoms with E-state index in [0.29, 0.717) is 24.3 Å². The second-order valence-corrected chi connectivity index (χ2v) is 4.94. The van der Waals surface area contributed by atoms with E-state index in [2.05, 4.69) is 5.32 Å². The average molecular weight is 273 g/mol. The molecule has 1 fully saturated rings. The molecule has 0 bridgehead atoms. The number of nitrogens with one attached hydrogen (secondary N) is 1. The maximum Gasteiger partial charge on any atom is 0.287 e. The van der Waals surface area contributed by atoms with Gasteiger partial charge in [0.1, 0.15) is 0 Å². The summed E-state index contributed by atoms with van der Waals surface area (Å²) in [5.41, 5.74) is 6.80. The number of rotatable bonds is 3. The van der Waals surface area contributed by atoms with E-state index >= 15 is 0 Å². The number of aryl methyl sites for hydroxylation is 1. The van der Waals surface area contributed by atoms with Gasteiger partial charge in [-0.2, -0.15) is 0 Å². The summed E-state index contributed by atoms with van der Waals surface area (Å²) >= 11 is 0. The molecule has 2 atom stereocenters. The van der Waals surface area contributed by atoms with Crippen molar-refractivity contribution in [3.05, 3.63) is 23.7 Å². The minimum atomic E-state index is -0.119. The fourth-order valence-corrected chi connectivity index (χ4v) is 2.44. The molecule has 1 amide bonds. The van der Waals surface area contributed by atoms with Crippen molar-refractivity contribution >= 4 is 18.3 Å². The van der Waals surface area contributed by atoms with Crippen LogP contribution in [0.2, 0.25) is 0 Å². The van der Waals surface area contributed by atoms with Crippen LogP contribution in [0.15, 0.2) is 16.7 Å². The lowest BCUT2D eigenvalue weighted by molar-refractivity contribution is 0.0914. The van der Waals surface area contributed by atoms with E-state index in [9.17, 15) is 4.79 Å². The molecule has 0 radical (unpaired) electrons. The number of carbonyl (C=O) groups excluding carboxylic acids is 1. The topological polar surface area (TPSA) is 68.3 Å². The average Bonchev–Trinajstić information content (AvgIpc) is 2.72. The predicted molar refractivity (Wildman–Crippen MR) is 73.0 cm³/mol. The molecule has 0 aromatic carbocycles. The van der Waals surface area contributed by atoms with Crippen molar-refractivity contribution in [2.45, 2.75) is 38.6 Å². The van der Waals surface area contributed by atoms with Crippen molar-refractivity contribution in [1.82, 2.24) is 5.32 Å². The van der Waals surface area contributed by atoms with Gasteiger partial charge in [0.2, 0.25) is 0 Å². The lowest BCUT2D eigenvalue weighted by Gasteiger charge is -2.26. The molecule has 2 unspecified atom stereocenters. The summed E-state index contributed by atoms with van der Waals surface area (Å²) < 4.78 is 5.15. The van der Waals surface area contributed by atoms with Crippen LogP contribution in [-0.2, 0) is 0 Å². The molecule has 102 valence electrons. The van der Waals surface area contributed by atoms with E-state index < -0.39 is 0 Å². The van der Waals surface area contributed by atoms with Crippen LogP contribution in [-0.4, -0.2) is 18.5 Å². The number of carbonyl (C=O) groups is 1. The van der Waals surface area contributed by atoms with Gasteiger partial charge in [-0.25, -0.2) is 0 Å². The highest BCUT2D eigenvalue weighted by Gasteiger charge is 2.20. The third-order valence-corrected chi connectivity index (χ3v) is 3.44. The third kappa shape index (κ3) is 3.75. The van der Waals surface area contributed by atoms with Crippen LogP contribution in [0, 0.1) is 12.8 Å². The molecule has 1 aromatic rings. The van der Waals surface area contributed by atoms with Crippen molar-refractivity contribution in [3.8, 4) is 0 Å². The monoisotopic (exact) mass is 272 g/mol. The van der Waals surface area contributed by atoms with Gasteiger partial charge in [0.25, 0.3) is 5.91 Å². The van der Waals surface area contributed by atoms with Gasteiger partial charge in [0, 0.05) is 18.2 Å². The number of nitrogens with two attached hydrogens (primary N) is 1. The van der Waals surface area contributed by atoms with Gasteiger partial charge in [-0.3, -0.25) is 4.79 Å². The maximum atomic E-state index is 11.8. The molecule has 3 N–H and O–H groups in total. The molecule has 0 aliphatic heterocycles. The van der Waals surface area contributed by atoms with E-state index in [-0.39, 0.29) is 18.3 Å². The summed E-state index contributed by atoms with van der Waals surface area (Å²) in [7, 11) is 0. The third-order valence-electron chi connectivity index (χ3n) is 3.44. The molecule has 0 saturated heterocycles. The van der Waals surface area contributed by atoms with Crippen molar-refractivity contribution in [2.24, 2.45) is 11.7 Å². The first kappa shape index (κ1) is 15.1. The van der Waals surface area contributed by atoms with E-state index in [1.54, 1.807) is 12.3 Å². The molecule has 1 aliphatic carbocycles. The number of hydrogen-bond donors (Lipinski definition) is 2. The Labute approximate surface area is 114 Å². The fraction of sp³-hybridized carbons (Fsp3) is 0.615. The minimum absolute atomic E-state index is 0. The van der Waals surface area contributed by atoms with Gasteiger partial charge in [0.05, 0.1) is 6.26 Å². The number of furan rings is 1. The minimum Gasteiger partial charge on any atom is -0.459 e. The Hall–Kier alpha value is -1.00. The Balaban J connectivity index is 0.00000162. The normalized spacial score (nSPS) is 23.2. The molecular formula is C13H21ClN2O2. The van der Waals surface area contributed by atoms with Gasteiger partial charge < -0.3 is 15.5 Å². The Morgan fingerprint density at radius 1 is 1.56 bits per heavy atom. The molecule has 1 aliphatic rings. The van der Waals surface area contributed by atoms with Gasteiger partial charge >= 0.3 is 0 Å². The van der Waals surface area contributed by atoms with Crippen LogP contribution in [0.3, 0.4) is 0 Å². The maximum absolute atomic E-state index is 11.8. The zero-order chi connectivity index (χ0) is 12.3. The zero-order valence-corrected chi connectivity index (χ0v) is 11.5. The van der Waals surface area contributed by atoms with Crippen LogP contribution in [0.25, 0.3) is 0 Å². The van der Waals surface area contributed by atoms with Gasteiger partial charge in [-0.05, 0) is 38.2 Å². The number of amides is 1. The van der Waals surface area contributed by atoms with Crippen molar-refractivity contribution < 1.29 is 9.21 Å². The van der Waals surface area contributed by atoms with E-state index in [4.69, 9.17) is 10.2 Å². The summed E-state index contributed by atoms with van der Waals surface area (Å²) in [5.74, 6) is 0.815. The fourth-order valence-electron chi connectivity index (χ4n) is 2.44. The summed E-state index contributed by atoms with van der Waals surface area (Å²) in [6.07, 6.45) is 5.99. The van der Waals surface area contributed by atoms with Gasteiger partial charge in [-0.15, -0.1) is 12.4 Å². The molecule has 1 aromatic heterocycles. The largest absolute Gasteiger partial charge is 0.459 e. The molecule has 18 heavy (non-hydrogen) atoms. The molecule has 4 nitrogen and oxygen atoms in total. The Bertz CT molecular complexity index is 392. The van der Waals surface area contributed by atoms with Crippen LogP contribution < -0.4 is 11.1 Å². The van der Waals surface area contributed by atoms with Crippen LogP contribution in [0.1, 0.15) is 41.8 Å². The van der Waals surface area contributed by atoms with Gasteiger partial charge in [0.15, 0.2) is 5.76 Å². The lowest BCUT2D eigenvalue weighted by atomic mass is 9.86. The Kier molecular flexibility index (Phi) is 5.69. The van der Waals surface area contributed by atoms with Crippen molar-refractivity contribution in [2.75, 3.05) is 6.54 Å². The number of halogens is 1. The van der Waals surface area contributed by atoms with Crippen molar-refractivity contribution in [1.29, 1.82) is 0 Å². The Morgan fingerprint density at radius 2 is 2.33 bits per heavy atom. The zero-order valence-electron chi connectivity index (χ0n) is 10.6. The van der Waals surface area contributed by atoms with E-state index in [1.165, 1.54) is 6.42 Å². The molecular weight excluding hydrogens is 252 g/mol. The van der Waals surface area contributed by atoms with Crippen LogP contribution >= 0.6 is 12.4 Å². The highest BCUT2D eigenvalue weighted by molar-refractivity contribution is 5.92. The van der Waals surface area contributed by atoms with Gasteiger partial charge in [-0.1, -0.05) is 6.42 Å². The highest BCUT2D eigenvalue weighted by Crippen LogP contribution is 2.22. The molecule has 5 heteroatoms. The summed E-state index contributed by atoms with van der Waals surface area (Å²) in [6, 6.07) is 2.10. The first-order valence-corrected chi connectivity index (χ1v) is 6.24. The SMILES string of the molecule is Cc1ccoc1C(=O)NCC1CCCC(N)C1.Cl. The van der Waals surface area contributed by atoms with Crippen LogP contribution in [0.4, 0.5) is 0 Å². The standard InChI is InChI=1S/C13H20N2O2.ClH/c1-9-5-6-17-12(9)13(16)15-8-10-3-2-4-11(14)7-10;/h5-6,10-11H,2-4,7-8,14H2,1H3,(H,15,16);1H. The molecule has 2 rings (SSSR count). The smallest absolute Gasteiger partial charge is 0.287 e. The van der Waals surface area contributed by atoms with E-state index in [0.717, 1.165) is 24.8 Å². The molecule has 1 heterocycles. The van der Waals surface area contributed by atoms with Crippen molar-refractivity contribution in [3.63, 3.8) is 0 Å². The molecule has 0 spiro atoms.